The Morgan fingerprint density at radius 1 is 0.862 bits per heavy atom. The topological polar surface area (TPSA) is 132 Å². The van der Waals surface area contributed by atoms with Crippen LogP contribution in [-0.4, -0.2) is 65.5 Å². The lowest BCUT2D eigenvalue weighted by atomic mass is 10.3. The maximum absolute atomic E-state index is 13.0. The Morgan fingerprint density at radius 2 is 1.52 bits per heavy atom. The first-order valence-electron chi connectivity index (χ1n) is 8.89. The van der Waals surface area contributed by atoms with Gasteiger partial charge in [-0.25, -0.2) is 27.0 Å². The van der Waals surface area contributed by atoms with Crippen molar-refractivity contribution in [3.63, 3.8) is 0 Å². The molecule has 0 saturated carbocycles. The summed E-state index contributed by atoms with van der Waals surface area (Å²) in [6, 6.07) is 7.56. The number of anilines is 1. The second-order valence-corrected chi connectivity index (χ2v) is 10.1. The van der Waals surface area contributed by atoms with Gasteiger partial charge in [-0.1, -0.05) is 0 Å². The Labute approximate surface area is 168 Å². The Hall–Kier alpha value is -2.41. The molecule has 0 aliphatic carbocycles. The zero-order chi connectivity index (χ0) is 20.6. The number of piperazine rings is 1. The van der Waals surface area contributed by atoms with Gasteiger partial charge in [0.25, 0.3) is 0 Å². The lowest BCUT2D eigenvalue weighted by Crippen LogP contribution is -2.48. The fraction of sp³-hybridized carbons (Fsp3) is 0.353. The largest absolute Gasteiger partial charge is 0.486 e. The van der Waals surface area contributed by atoms with E-state index in [9.17, 15) is 16.8 Å². The molecule has 2 aromatic rings. The van der Waals surface area contributed by atoms with E-state index >= 15 is 0 Å². The van der Waals surface area contributed by atoms with Gasteiger partial charge >= 0.3 is 0 Å². The van der Waals surface area contributed by atoms with Crippen molar-refractivity contribution < 1.29 is 26.3 Å². The molecular weight excluding hydrogens is 420 g/mol. The number of sulfonamides is 2. The number of benzene rings is 1. The first kappa shape index (κ1) is 19.9. The highest BCUT2D eigenvalue weighted by molar-refractivity contribution is 7.89. The Kier molecular flexibility index (Phi) is 5.11. The molecule has 4 rings (SSSR count). The van der Waals surface area contributed by atoms with Crippen molar-refractivity contribution in [1.29, 1.82) is 0 Å². The maximum Gasteiger partial charge on any atom is 0.243 e. The number of hydrogen-bond donors (Lipinski definition) is 1. The SMILES string of the molecule is NS(=O)(=O)c1ccc(N2CCN(S(=O)(=O)c3ccc4c(c3)OCCO4)CC2)nc1. The molecule has 2 N–H and O–H groups in total. The molecule has 156 valence electrons. The summed E-state index contributed by atoms with van der Waals surface area (Å²) >= 11 is 0. The Balaban J connectivity index is 1.46. The van der Waals surface area contributed by atoms with E-state index in [0.29, 0.717) is 43.6 Å². The van der Waals surface area contributed by atoms with Gasteiger partial charge in [0.1, 0.15) is 23.9 Å². The highest BCUT2D eigenvalue weighted by atomic mass is 32.2. The van der Waals surface area contributed by atoms with E-state index in [4.69, 9.17) is 14.6 Å². The second-order valence-electron chi connectivity index (χ2n) is 6.59. The van der Waals surface area contributed by atoms with Gasteiger partial charge in [-0.2, -0.15) is 4.31 Å². The Bertz CT molecular complexity index is 1110. The van der Waals surface area contributed by atoms with Gasteiger partial charge in [0.15, 0.2) is 11.5 Å². The third-order valence-corrected chi connectivity index (χ3v) is 7.56. The van der Waals surface area contributed by atoms with Crippen LogP contribution >= 0.6 is 0 Å². The molecule has 2 aliphatic rings. The van der Waals surface area contributed by atoms with Gasteiger partial charge in [0.05, 0.1) is 4.90 Å². The quantitative estimate of drug-likeness (QED) is 0.703. The normalized spacial score (nSPS) is 17.9. The molecular formula is C17H20N4O6S2. The molecule has 1 fully saturated rings. The molecule has 3 heterocycles. The van der Waals surface area contributed by atoms with Gasteiger partial charge in [-0.3, -0.25) is 0 Å². The molecule has 2 aliphatic heterocycles. The molecule has 0 spiro atoms. The van der Waals surface area contributed by atoms with E-state index in [1.165, 1.54) is 28.7 Å². The minimum absolute atomic E-state index is 0.0685. The zero-order valence-corrected chi connectivity index (χ0v) is 17.0. The lowest BCUT2D eigenvalue weighted by Gasteiger charge is -2.34. The van der Waals surface area contributed by atoms with Gasteiger partial charge in [-0.05, 0) is 24.3 Å². The third kappa shape index (κ3) is 4.01. The van der Waals surface area contributed by atoms with Crippen molar-refractivity contribution in [3.8, 4) is 11.5 Å². The van der Waals surface area contributed by atoms with Crippen molar-refractivity contribution in [2.45, 2.75) is 9.79 Å². The highest BCUT2D eigenvalue weighted by Gasteiger charge is 2.30. The van der Waals surface area contributed by atoms with Crippen LogP contribution in [-0.2, 0) is 20.0 Å². The molecule has 10 nitrogen and oxygen atoms in total. The second kappa shape index (κ2) is 7.44. The number of aromatic nitrogens is 1. The first-order chi connectivity index (χ1) is 13.7. The van der Waals surface area contributed by atoms with Crippen molar-refractivity contribution in [3.05, 3.63) is 36.5 Å². The number of ether oxygens (including phenoxy) is 2. The number of hydrogen-bond acceptors (Lipinski definition) is 8. The minimum atomic E-state index is -3.80. The molecule has 0 radical (unpaired) electrons. The van der Waals surface area contributed by atoms with Crippen LogP contribution in [0, 0.1) is 0 Å². The average Bonchev–Trinajstić information content (AvgIpc) is 2.73. The van der Waals surface area contributed by atoms with E-state index in [1.54, 1.807) is 12.1 Å². The van der Waals surface area contributed by atoms with Crippen LogP contribution in [0.25, 0.3) is 0 Å². The van der Waals surface area contributed by atoms with E-state index in [0.717, 1.165) is 0 Å². The first-order valence-corrected chi connectivity index (χ1v) is 11.9. The summed E-state index contributed by atoms with van der Waals surface area (Å²) in [5, 5.41) is 5.08. The van der Waals surface area contributed by atoms with Gasteiger partial charge in [0, 0.05) is 38.4 Å². The molecule has 0 amide bonds. The van der Waals surface area contributed by atoms with E-state index in [1.807, 2.05) is 4.90 Å². The third-order valence-electron chi connectivity index (χ3n) is 4.76. The number of rotatable bonds is 4. The molecule has 1 aromatic heterocycles. The molecule has 0 unspecified atom stereocenters. The maximum atomic E-state index is 13.0. The fourth-order valence-electron chi connectivity index (χ4n) is 3.22. The van der Waals surface area contributed by atoms with Crippen LogP contribution in [0.1, 0.15) is 0 Å². The van der Waals surface area contributed by atoms with Crippen molar-refractivity contribution in [1.82, 2.24) is 9.29 Å². The van der Waals surface area contributed by atoms with E-state index in [-0.39, 0.29) is 22.9 Å². The van der Waals surface area contributed by atoms with Crippen molar-refractivity contribution >= 4 is 25.9 Å². The van der Waals surface area contributed by atoms with Crippen LogP contribution in [0.15, 0.2) is 46.3 Å². The number of nitrogens with zero attached hydrogens (tertiary/aromatic N) is 3. The molecule has 29 heavy (non-hydrogen) atoms. The summed E-state index contributed by atoms with van der Waals surface area (Å²) in [5.74, 6) is 1.53. The molecule has 1 saturated heterocycles. The van der Waals surface area contributed by atoms with Crippen molar-refractivity contribution in [2.75, 3.05) is 44.3 Å². The number of nitrogens with two attached hydrogens (primary N) is 1. The predicted molar refractivity (Wildman–Crippen MR) is 104 cm³/mol. The summed E-state index contributed by atoms with van der Waals surface area (Å²) in [6.07, 6.45) is 1.20. The van der Waals surface area contributed by atoms with Crippen LogP contribution in [0.2, 0.25) is 0 Å². The van der Waals surface area contributed by atoms with Crippen LogP contribution in [0.5, 0.6) is 11.5 Å². The fourth-order valence-corrected chi connectivity index (χ4v) is 5.11. The van der Waals surface area contributed by atoms with Gasteiger partial charge in [-0.15, -0.1) is 0 Å². The summed E-state index contributed by atoms with van der Waals surface area (Å²) in [7, 11) is -7.48. The smallest absolute Gasteiger partial charge is 0.243 e. The summed E-state index contributed by atoms with van der Waals surface area (Å²) < 4.78 is 61.0. The van der Waals surface area contributed by atoms with Crippen LogP contribution < -0.4 is 19.5 Å². The number of primary sulfonamides is 1. The summed E-state index contributed by atoms with van der Waals surface area (Å²) in [4.78, 5) is 6.11. The molecule has 0 atom stereocenters. The summed E-state index contributed by atoms with van der Waals surface area (Å²) in [5.41, 5.74) is 0. The lowest BCUT2D eigenvalue weighted by molar-refractivity contribution is 0.171. The highest BCUT2D eigenvalue weighted by Crippen LogP contribution is 2.33. The van der Waals surface area contributed by atoms with Gasteiger partial charge in [0.2, 0.25) is 20.0 Å². The average molecular weight is 441 g/mol. The number of fused-ring (bicyclic) bond motifs is 1. The van der Waals surface area contributed by atoms with Crippen LogP contribution in [0.4, 0.5) is 5.82 Å². The van der Waals surface area contributed by atoms with E-state index < -0.39 is 20.0 Å². The monoisotopic (exact) mass is 440 g/mol. The Morgan fingerprint density at radius 3 is 2.14 bits per heavy atom. The minimum Gasteiger partial charge on any atom is -0.486 e. The zero-order valence-electron chi connectivity index (χ0n) is 15.4. The predicted octanol–water partition coefficient (Wildman–Crippen LogP) is 0.0111. The van der Waals surface area contributed by atoms with Crippen LogP contribution in [0.3, 0.4) is 0 Å². The molecule has 12 heteroatoms. The molecule has 1 aromatic carbocycles. The van der Waals surface area contributed by atoms with E-state index in [2.05, 4.69) is 4.98 Å². The van der Waals surface area contributed by atoms with Gasteiger partial charge < -0.3 is 14.4 Å². The van der Waals surface area contributed by atoms with Crippen molar-refractivity contribution in [2.24, 2.45) is 5.14 Å². The molecule has 0 bridgehead atoms. The number of pyridine rings is 1. The standard InChI is InChI=1S/C17H20N4O6S2/c18-28(22,23)14-2-4-17(19-12-14)20-5-7-21(8-6-20)29(24,25)13-1-3-15-16(11-13)27-10-9-26-15/h1-4,11-12H,5-10H2,(H2,18,22,23). The summed E-state index contributed by atoms with van der Waals surface area (Å²) in [6.45, 7) is 2.21.